The Morgan fingerprint density at radius 3 is 2.28 bits per heavy atom. The number of rotatable bonds is 8. The second kappa shape index (κ2) is 8.29. The molecule has 0 spiro atoms. The van der Waals surface area contributed by atoms with E-state index in [4.69, 9.17) is 14.2 Å². The highest BCUT2D eigenvalue weighted by Crippen LogP contribution is 2.60. The molecule has 4 fully saturated rings. The van der Waals surface area contributed by atoms with Gasteiger partial charge in [-0.15, -0.1) is 0 Å². The van der Waals surface area contributed by atoms with Gasteiger partial charge in [-0.3, -0.25) is 4.79 Å². The van der Waals surface area contributed by atoms with Crippen LogP contribution in [0.3, 0.4) is 0 Å². The molecule has 4 bridgehead atoms. The van der Waals surface area contributed by atoms with Crippen LogP contribution in [0.4, 0.5) is 0 Å². The molecule has 1 aromatic rings. The first kappa shape index (κ1) is 20.7. The zero-order valence-electron chi connectivity index (χ0n) is 17.2. The molecule has 4 aliphatic rings. The molecule has 158 valence electrons. The normalized spacial score (nSPS) is 29.6. The van der Waals surface area contributed by atoms with Crippen LogP contribution >= 0.6 is 15.9 Å². The van der Waals surface area contributed by atoms with Crippen molar-refractivity contribution in [2.75, 3.05) is 20.3 Å². The molecule has 0 amide bonds. The van der Waals surface area contributed by atoms with E-state index in [0.29, 0.717) is 45.9 Å². The SMILES string of the molecule is CCCOc1c(Br)cc(C(=O)OCC(=O)C23CC4CC(CC(C4)C2)C3)cc1OC. The highest BCUT2D eigenvalue weighted by molar-refractivity contribution is 9.10. The molecule has 0 saturated heterocycles. The van der Waals surface area contributed by atoms with Gasteiger partial charge in [-0.2, -0.15) is 0 Å². The topological polar surface area (TPSA) is 61.8 Å². The second-order valence-corrected chi connectivity index (χ2v) is 9.89. The van der Waals surface area contributed by atoms with Gasteiger partial charge in [-0.05, 0) is 90.8 Å². The molecule has 6 heteroatoms. The lowest BCUT2D eigenvalue weighted by Gasteiger charge is -2.55. The van der Waals surface area contributed by atoms with E-state index < -0.39 is 5.97 Å². The van der Waals surface area contributed by atoms with Crippen molar-refractivity contribution < 1.29 is 23.8 Å². The van der Waals surface area contributed by atoms with Crippen LogP contribution in [0.2, 0.25) is 0 Å². The lowest BCUT2D eigenvalue weighted by molar-refractivity contribution is -0.147. The van der Waals surface area contributed by atoms with Crippen molar-refractivity contribution in [2.45, 2.75) is 51.9 Å². The number of carbonyl (C=O) groups excluding carboxylic acids is 2. The fourth-order valence-corrected chi connectivity index (χ4v) is 6.56. The number of ether oxygens (including phenoxy) is 3. The van der Waals surface area contributed by atoms with Crippen molar-refractivity contribution in [3.63, 3.8) is 0 Å². The Labute approximate surface area is 180 Å². The van der Waals surface area contributed by atoms with Gasteiger partial charge in [0.1, 0.15) is 0 Å². The maximum atomic E-state index is 13.1. The molecule has 0 aliphatic heterocycles. The Hall–Kier alpha value is -1.56. The third-order valence-corrected chi connectivity index (χ3v) is 7.47. The number of halogens is 1. The van der Waals surface area contributed by atoms with Crippen LogP contribution in [-0.2, 0) is 9.53 Å². The van der Waals surface area contributed by atoms with E-state index in [1.54, 1.807) is 12.1 Å². The molecule has 5 nitrogen and oxygen atoms in total. The van der Waals surface area contributed by atoms with E-state index in [2.05, 4.69) is 15.9 Å². The Balaban J connectivity index is 1.42. The number of methoxy groups -OCH3 is 1. The minimum atomic E-state index is -0.510. The number of hydrogen-bond acceptors (Lipinski definition) is 5. The predicted molar refractivity (Wildman–Crippen MR) is 112 cm³/mol. The second-order valence-electron chi connectivity index (χ2n) is 9.04. The first-order valence-electron chi connectivity index (χ1n) is 10.6. The fourth-order valence-electron chi connectivity index (χ4n) is 6.00. The number of hydrogen-bond donors (Lipinski definition) is 0. The Morgan fingerprint density at radius 2 is 1.72 bits per heavy atom. The number of esters is 1. The standard InChI is InChI=1S/C23H29BrO5/c1-3-4-28-21-18(24)8-17(9-19(21)27-2)22(26)29-13-20(25)23-10-14-5-15(11-23)7-16(6-14)12-23/h8-9,14-16H,3-7,10-13H2,1-2H3. The van der Waals surface area contributed by atoms with Crippen LogP contribution in [0.15, 0.2) is 16.6 Å². The van der Waals surface area contributed by atoms with E-state index in [9.17, 15) is 9.59 Å². The van der Waals surface area contributed by atoms with Crippen LogP contribution in [0.25, 0.3) is 0 Å². The van der Waals surface area contributed by atoms with Crippen LogP contribution in [0.5, 0.6) is 11.5 Å². The number of benzene rings is 1. The van der Waals surface area contributed by atoms with Crippen molar-refractivity contribution in [1.29, 1.82) is 0 Å². The monoisotopic (exact) mass is 464 g/mol. The van der Waals surface area contributed by atoms with Crippen LogP contribution in [0.1, 0.15) is 62.2 Å². The quantitative estimate of drug-likeness (QED) is 0.495. The molecule has 0 heterocycles. The first-order valence-corrected chi connectivity index (χ1v) is 11.4. The van der Waals surface area contributed by atoms with Crippen LogP contribution in [-0.4, -0.2) is 32.1 Å². The molecule has 0 unspecified atom stereocenters. The lowest BCUT2D eigenvalue weighted by Crippen LogP contribution is -2.51. The molecule has 4 aliphatic carbocycles. The van der Waals surface area contributed by atoms with Gasteiger partial charge in [0.2, 0.25) is 0 Å². The summed E-state index contributed by atoms with van der Waals surface area (Å²) in [5, 5.41) is 0. The van der Waals surface area contributed by atoms with E-state index in [1.165, 1.54) is 26.4 Å². The zero-order valence-corrected chi connectivity index (χ0v) is 18.8. The van der Waals surface area contributed by atoms with Crippen molar-refractivity contribution in [3.8, 4) is 11.5 Å². The lowest BCUT2D eigenvalue weighted by atomic mass is 9.48. The first-order chi connectivity index (χ1) is 13.9. The van der Waals surface area contributed by atoms with Gasteiger partial charge < -0.3 is 14.2 Å². The Bertz CT molecular complexity index is 767. The minimum Gasteiger partial charge on any atom is -0.493 e. The van der Waals surface area contributed by atoms with Crippen LogP contribution < -0.4 is 9.47 Å². The van der Waals surface area contributed by atoms with Gasteiger partial charge in [0.25, 0.3) is 0 Å². The molecular weight excluding hydrogens is 436 g/mol. The third-order valence-electron chi connectivity index (χ3n) is 6.88. The Morgan fingerprint density at radius 1 is 1.10 bits per heavy atom. The molecule has 0 atom stereocenters. The summed E-state index contributed by atoms with van der Waals surface area (Å²) in [6.07, 6.45) is 7.67. The van der Waals surface area contributed by atoms with Gasteiger partial charge in [0.05, 0.1) is 23.8 Å². The maximum Gasteiger partial charge on any atom is 0.338 e. The van der Waals surface area contributed by atoms with Crippen molar-refractivity contribution in [2.24, 2.45) is 23.2 Å². The van der Waals surface area contributed by atoms with E-state index >= 15 is 0 Å². The van der Waals surface area contributed by atoms with E-state index in [1.807, 2.05) is 6.92 Å². The molecule has 29 heavy (non-hydrogen) atoms. The molecule has 1 aromatic carbocycles. The largest absolute Gasteiger partial charge is 0.493 e. The van der Waals surface area contributed by atoms with Crippen molar-refractivity contribution in [3.05, 3.63) is 22.2 Å². The smallest absolute Gasteiger partial charge is 0.338 e. The fraction of sp³-hybridized carbons (Fsp3) is 0.652. The third kappa shape index (κ3) is 4.05. The summed E-state index contributed by atoms with van der Waals surface area (Å²) in [4.78, 5) is 25.7. The molecule has 0 N–H and O–H groups in total. The summed E-state index contributed by atoms with van der Waals surface area (Å²) in [6.45, 7) is 2.43. The Kier molecular flexibility index (Phi) is 5.92. The van der Waals surface area contributed by atoms with E-state index in [0.717, 1.165) is 25.7 Å². The molecule has 0 aromatic heterocycles. The van der Waals surface area contributed by atoms with Gasteiger partial charge in [-0.25, -0.2) is 4.79 Å². The van der Waals surface area contributed by atoms with Crippen LogP contribution in [0, 0.1) is 23.2 Å². The van der Waals surface area contributed by atoms with Crippen molar-refractivity contribution >= 4 is 27.7 Å². The van der Waals surface area contributed by atoms with E-state index in [-0.39, 0.29) is 17.8 Å². The number of ketones is 1. The highest BCUT2D eigenvalue weighted by atomic mass is 79.9. The summed E-state index contributed by atoms with van der Waals surface area (Å²) in [5.74, 6) is 2.70. The average Bonchev–Trinajstić information content (AvgIpc) is 2.69. The predicted octanol–water partition coefficient (Wildman–Crippen LogP) is 5.19. The summed E-state index contributed by atoms with van der Waals surface area (Å²) in [5.41, 5.74) is 0.0985. The molecular formula is C23H29BrO5. The molecule has 5 rings (SSSR count). The summed E-state index contributed by atoms with van der Waals surface area (Å²) >= 11 is 3.45. The highest BCUT2D eigenvalue weighted by Gasteiger charge is 2.54. The average molecular weight is 465 g/mol. The molecule has 0 radical (unpaired) electrons. The van der Waals surface area contributed by atoms with Gasteiger partial charge in [0, 0.05) is 5.41 Å². The van der Waals surface area contributed by atoms with Gasteiger partial charge >= 0.3 is 5.97 Å². The van der Waals surface area contributed by atoms with Gasteiger partial charge in [-0.1, -0.05) is 6.92 Å². The van der Waals surface area contributed by atoms with Crippen molar-refractivity contribution in [1.82, 2.24) is 0 Å². The summed E-state index contributed by atoms with van der Waals surface area (Å²) in [6, 6.07) is 3.26. The van der Waals surface area contributed by atoms with Gasteiger partial charge in [0.15, 0.2) is 23.9 Å². The zero-order chi connectivity index (χ0) is 20.6. The summed E-state index contributed by atoms with van der Waals surface area (Å²) in [7, 11) is 1.53. The maximum absolute atomic E-state index is 13.1. The molecule has 4 saturated carbocycles. The minimum absolute atomic E-state index is 0.110. The number of carbonyl (C=O) groups is 2. The number of Topliss-reactive ketones (excluding diaryl/α,β-unsaturated/α-hetero) is 1. The summed E-state index contributed by atoms with van der Waals surface area (Å²) < 4.78 is 17.2.